The average Bonchev–Trinajstić information content (AvgIpc) is 2.81. The Kier molecular flexibility index (Phi) is 6.44. The smallest absolute Gasteiger partial charge is 0.254 e. The van der Waals surface area contributed by atoms with Gasteiger partial charge in [-0.25, -0.2) is 0 Å². The molecule has 1 fully saturated rings. The second kappa shape index (κ2) is 9.61. The number of carbonyl (C=O) groups is 1. The molecule has 2 aromatic carbocycles. The van der Waals surface area contributed by atoms with Crippen molar-refractivity contribution < 1.29 is 14.6 Å². The van der Waals surface area contributed by atoms with Crippen molar-refractivity contribution in [3.8, 4) is 5.75 Å². The fourth-order valence-corrected chi connectivity index (χ4v) is 5.19. The van der Waals surface area contributed by atoms with Crippen LogP contribution >= 0.6 is 0 Å². The third kappa shape index (κ3) is 4.82. The lowest BCUT2D eigenvalue weighted by molar-refractivity contribution is 0.0492. The maximum absolute atomic E-state index is 13.1. The highest BCUT2D eigenvalue weighted by Crippen LogP contribution is 2.26. The summed E-state index contributed by atoms with van der Waals surface area (Å²) in [6.07, 6.45) is 3.67. The molecule has 0 radical (unpaired) electrons. The Morgan fingerprint density at radius 2 is 1.91 bits per heavy atom. The number of ether oxygens (including phenoxy) is 1. The van der Waals surface area contributed by atoms with Crippen molar-refractivity contribution in [2.24, 2.45) is 0 Å². The van der Waals surface area contributed by atoms with Gasteiger partial charge in [0.05, 0.1) is 6.10 Å². The maximum Gasteiger partial charge on any atom is 0.254 e. The first-order valence-electron chi connectivity index (χ1n) is 11.9. The molecule has 1 amide bonds. The van der Waals surface area contributed by atoms with Crippen molar-refractivity contribution in [3.05, 3.63) is 64.7 Å². The van der Waals surface area contributed by atoms with E-state index < -0.39 is 6.10 Å². The first-order chi connectivity index (χ1) is 15.7. The van der Waals surface area contributed by atoms with Crippen molar-refractivity contribution in [2.45, 2.75) is 44.4 Å². The number of amides is 1. The van der Waals surface area contributed by atoms with E-state index in [1.165, 1.54) is 11.1 Å². The molecule has 3 heterocycles. The summed E-state index contributed by atoms with van der Waals surface area (Å²) in [7, 11) is 0. The Morgan fingerprint density at radius 3 is 2.75 bits per heavy atom. The van der Waals surface area contributed by atoms with Gasteiger partial charge in [0.25, 0.3) is 5.91 Å². The van der Waals surface area contributed by atoms with E-state index in [9.17, 15) is 9.90 Å². The van der Waals surface area contributed by atoms with Gasteiger partial charge in [0, 0.05) is 44.8 Å². The van der Waals surface area contributed by atoms with E-state index in [1.54, 1.807) is 4.90 Å². The van der Waals surface area contributed by atoms with Crippen LogP contribution < -0.4 is 10.1 Å². The number of nitrogens with one attached hydrogen (secondary N) is 1. The number of β-amino-alcohol motifs (C(OH)–C–C–N with tert-alkyl or cyclic N) is 1. The van der Waals surface area contributed by atoms with Crippen LogP contribution in [0, 0.1) is 0 Å². The normalized spacial score (nSPS) is 22.2. The van der Waals surface area contributed by atoms with Gasteiger partial charge in [0.2, 0.25) is 0 Å². The minimum absolute atomic E-state index is 0.0140. The number of rotatable bonds is 6. The SMILES string of the molecule is O=C1c2ccc(OC3CCCNC3)cc2CCN1C[C@H](O)CN1CCc2ccccc2C1. The summed E-state index contributed by atoms with van der Waals surface area (Å²) in [6.45, 7) is 5.36. The van der Waals surface area contributed by atoms with E-state index in [0.717, 1.165) is 68.7 Å². The number of nitrogens with zero attached hydrogens (tertiary/aromatic N) is 2. The molecule has 0 spiro atoms. The maximum atomic E-state index is 13.1. The lowest BCUT2D eigenvalue weighted by Gasteiger charge is -2.34. The molecule has 6 heteroatoms. The standard InChI is InChI=1S/C26H33N3O3/c30-22(17-28-12-9-19-4-1-2-5-21(19)16-28)18-29-13-10-20-14-23(7-8-25(20)26(29)31)32-24-6-3-11-27-15-24/h1-2,4-5,7-8,14,22,24,27,30H,3,6,9-13,15-18H2/t22-,24?/m1/s1. The van der Waals surface area contributed by atoms with Gasteiger partial charge in [-0.2, -0.15) is 0 Å². The van der Waals surface area contributed by atoms with Gasteiger partial charge in [0.15, 0.2) is 0 Å². The van der Waals surface area contributed by atoms with Crippen LogP contribution in [0.1, 0.15) is 39.9 Å². The van der Waals surface area contributed by atoms with Gasteiger partial charge in [0.1, 0.15) is 11.9 Å². The minimum Gasteiger partial charge on any atom is -0.489 e. The van der Waals surface area contributed by atoms with E-state index in [4.69, 9.17) is 4.74 Å². The lowest BCUT2D eigenvalue weighted by Crippen LogP contribution is -2.46. The Bertz CT molecular complexity index is 957. The van der Waals surface area contributed by atoms with Crippen LogP contribution in [0.15, 0.2) is 42.5 Å². The highest BCUT2D eigenvalue weighted by Gasteiger charge is 2.28. The third-order valence-electron chi connectivity index (χ3n) is 6.91. The van der Waals surface area contributed by atoms with Crippen molar-refractivity contribution >= 4 is 5.91 Å². The van der Waals surface area contributed by atoms with Crippen molar-refractivity contribution in [3.63, 3.8) is 0 Å². The molecule has 0 aromatic heterocycles. The number of fused-ring (bicyclic) bond motifs is 2. The van der Waals surface area contributed by atoms with E-state index >= 15 is 0 Å². The van der Waals surface area contributed by atoms with Gasteiger partial charge >= 0.3 is 0 Å². The summed E-state index contributed by atoms with van der Waals surface area (Å²) in [4.78, 5) is 17.2. The number of hydrogen-bond acceptors (Lipinski definition) is 5. The fourth-order valence-electron chi connectivity index (χ4n) is 5.19. The van der Waals surface area contributed by atoms with Gasteiger partial charge < -0.3 is 20.1 Å². The van der Waals surface area contributed by atoms with Crippen LogP contribution in [0.25, 0.3) is 0 Å². The predicted octanol–water partition coefficient (Wildman–Crippen LogP) is 2.23. The highest BCUT2D eigenvalue weighted by molar-refractivity contribution is 5.97. The van der Waals surface area contributed by atoms with Crippen molar-refractivity contribution in [1.82, 2.24) is 15.1 Å². The van der Waals surface area contributed by atoms with Gasteiger partial charge in [-0.1, -0.05) is 24.3 Å². The van der Waals surface area contributed by atoms with Crippen molar-refractivity contribution in [2.75, 3.05) is 39.3 Å². The summed E-state index contributed by atoms with van der Waals surface area (Å²) in [5, 5.41) is 14.1. The van der Waals surface area contributed by atoms with E-state index in [1.807, 2.05) is 18.2 Å². The summed E-state index contributed by atoms with van der Waals surface area (Å²) in [6, 6.07) is 14.4. The highest BCUT2D eigenvalue weighted by atomic mass is 16.5. The van der Waals surface area contributed by atoms with Crippen LogP contribution in [0.4, 0.5) is 0 Å². The summed E-state index contributed by atoms with van der Waals surface area (Å²) < 4.78 is 6.12. The van der Waals surface area contributed by atoms with Crippen LogP contribution in [-0.2, 0) is 19.4 Å². The van der Waals surface area contributed by atoms with Crippen LogP contribution in [0.3, 0.4) is 0 Å². The quantitative estimate of drug-likeness (QED) is 0.729. The predicted molar refractivity (Wildman–Crippen MR) is 124 cm³/mol. The van der Waals surface area contributed by atoms with E-state index in [2.05, 4.69) is 34.5 Å². The average molecular weight is 436 g/mol. The van der Waals surface area contributed by atoms with Crippen LogP contribution in [-0.4, -0.2) is 72.3 Å². The Balaban J connectivity index is 1.16. The number of aliphatic hydroxyl groups is 1. The molecular weight excluding hydrogens is 402 g/mol. The molecule has 6 nitrogen and oxygen atoms in total. The number of benzene rings is 2. The van der Waals surface area contributed by atoms with E-state index in [-0.39, 0.29) is 12.0 Å². The molecule has 2 atom stereocenters. The molecule has 0 aliphatic carbocycles. The molecule has 0 bridgehead atoms. The summed E-state index contributed by atoms with van der Waals surface area (Å²) in [5.41, 5.74) is 4.54. The van der Waals surface area contributed by atoms with Gasteiger partial charge in [-0.3, -0.25) is 9.69 Å². The topological polar surface area (TPSA) is 65.0 Å². The number of aliphatic hydroxyl groups excluding tert-OH is 1. The zero-order valence-corrected chi connectivity index (χ0v) is 18.6. The molecular formula is C26H33N3O3. The molecule has 2 aromatic rings. The van der Waals surface area contributed by atoms with Gasteiger partial charge in [-0.15, -0.1) is 0 Å². The number of piperidine rings is 1. The first kappa shape index (κ1) is 21.4. The minimum atomic E-state index is -0.549. The lowest BCUT2D eigenvalue weighted by atomic mass is 9.98. The molecule has 1 unspecified atom stereocenters. The fraction of sp³-hybridized carbons (Fsp3) is 0.500. The zero-order chi connectivity index (χ0) is 21.9. The molecule has 170 valence electrons. The Hall–Kier alpha value is -2.41. The molecule has 5 rings (SSSR count). The van der Waals surface area contributed by atoms with Crippen LogP contribution in [0.2, 0.25) is 0 Å². The summed E-state index contributed by atoms with van der Waals surface area (Å²) in [5.74, 6) is 0.865. The second-order valence-corrected chi connectivity index (χ2v) is 9.31. The molecule has 0 saturated carbocycles. The molecule has 32 heavy (non-hydrogen) atoms. The second-order valence-electron chi connectivity index (χ2n) is 9.31. The number of hydrogen-bond donors (Lipinski definition) is 2. The monoisotopic (exact) mass is 435 g/mol. The molecule has 3 aliphatic heterocycles. The number of carbonyl (C=O) groups excluding carboxylic acids is 1. The van der Waals surface area contributed by atoms with Crippen LogP contribution in [0.5, 0.6) is 5.75 Å². The largest absolute Gasteiger partial charge is 0.489 e. The molecule has 3 aliphatic rings. The van der Waals surface area contributed by atoms with E-state index in [0.29, 0.717) is 19.6 Å². The molecule has 2 N–H and O–H groups in total. The molecule has 1 saturated heterocycles. The Labute approximate surface area is 190 Å². The van der Waals surface area contributed by atoms with Gasteiger partial charge in [-0.05, 0) is 67.1 Å². The first-order valence-corrected chi connectivity index (χ1v) is 11.9. The third-order valence-corrected chi connectivity index (χ3v) is 6.91. The summed E-state index contributed by atoms with van der Waals surface area (Å²) >= 11 is 0. The Morgan fingerprint density at radius 1 is 1.06 bits per heavy atom. The zero-order valence-electron chi connectivity index (χ0n) is 18.6. The van der Waals surface area contributed by atoms with Crippen molar-refractivity contribution in [1.29, 1.82) is 0 Å².